The first-order chi connectivity index (χ1) is 36.3. The van der Waals surface area contributed by atoms with Crippen LogP contribution in [0.5, 0.6) is 17.2 Å². The number of nitrogens with one attached hydrogen (secondary N) is 6. The lowest BCUT2D eigenvalue weighted by molar-refractivity contribution is 0.207. The monoisotopic (exact) mass is 1130 g/mol. The summed E-state index contributed by atoms with van der Waals surface area (Å²) in [5, 5.41) is 15.6. The van der Waals surface area contributed by atoms with Gasteiger partial charge in [-0.3, -0.25) is 27.1 Å². The maximum Gasteiger partial charge on any atom is 0.436 e. The van der Waals surface area contributed by atoms with Crippen LogP contribution in [0.1, 0.15) is 159 Å². The summed E-state index contributed by atoms with van der Waals surface area (Å²) in [4.78, 5) is 41.5. The van der Waals surface area contributed by atoms with E-state index in [1.807, 2.05) is 20.8 Å². The number of aryl methyl sites for hydroxylation is 3. The Morgan fingerprint density at radius 3 is 0.842 bits per heavy atom. The fourth-order valence-corrected chi connectivity index (χ4v) is 11.7. The average Bonchev–Trinajstić information content (AvgIpc) is 3.33. The van der Waals surface area contributed by atoms with Gasteiger partial charge in [0.2, 0.25) is 0 Å². The van der Waals surface area contributed by atoms with Gasteiger partial charge in [-0.15, -0.1) is 0 Å². The second-order valence-electron chi connectivity index (χ2n) is 17.4. The molecule has 0 saturated heterocycles. The molecule has 3 aromatic carbocycles. The standard InChI is InChI=1S/C52H85N6O15P3/c1-13-22-25-28-65-47-37(10)31-40(53-50(59)56-74(62,68-16-4)69-17-5)34-43(47)46(44-35-41(32-38(11)48(44)66-29-26-23-14-2)54-51(60)57-75(63,70-18-6)71-19-7)45-36-42(33-39(12)49(45)67-30-27-24-15-3)55-52(61)58-76(64,72-20-8)73-21-9/h31-36,46H,13-30H2,1-12H3,(H2,53,56,59,62)(H2,54,57,60,63)(H2,55,58,61,64). The van der Waals surface area contributed by atoms with Crippen LogP contribution in [0, 0.1) is 20.8 Å². The molecular formula is C52H85N6O15P3. The minimum absolute atomic E-state index is 0.00105. The molecule has 6 amide bonds. The minimum Gasteiger partial charge on any atom is -0.493 e. The summed E-state index contributed by atoms with van der Waals surface area (Å²) in [5.41, 5.74) is 4.02. The van der Waals surface area contributed by atoms with Gasteiger partial charge in [0, 0.05) is 39.7 Å². The molecule has 0 aliphatic carbocycles. The molecule has 0 fully saturated rings. The second kappa shape index (κ2) is 33.6. The molecule has 6 N–H and O–H groups in total. The fraction of sp³-hybridized carbons (Fsp3) is 0.596. The smallest absolute Gasteiger partial charge is 0.436 e. The molecule has 0 aromatic heterocycles. The van der Waals surface area contributed by atoms with Gasteiger partial charge in [0.1, 0.15) is 17.2 Å². The van der Waals surface area contributed by atoms with E-state index in [1.54, 1.807) is 77.9 Å². The Kier molecular flexibility index (Phi) is 29.0. The Morgan fingerprint density at radius 1 is 0.395 bits per heavy atom. The zero-order valence-electron chi connectivity index (χ0n) is 46.7. The van der Waals surface area contributed by atoms with Crippen molar-refractivity contribution in [2.45, 2.75) is 147 Å². The van der Waals surface area contributed by atoms with E-state index in [2.05, 4.69) is 52.0 Å². The first-order valence-electron chi connectivity index (χ1n) is 26.6. The van der Waals surface area contributed by atoms with E-state index in [0.29, 0.717) is 89.7 Å². The van der Waals surface area contributed by atoms with Gasteiger partial charge in [0.05, 0.1) is 59.5 Å². The van der Waals surface area contributed by atoms with Crippen LogP contribution in [0.3, 0.4) is 0 Å². The van der Waals surface area contributed by atoms with E-state index in [-0.39, 0.29) is 56.7 Å². The van der Waals surface area contributed by atoms with Crippen molar-refractivity contribution in [2.24, 2.45) is 0 Å². The molecule has 0 unspecified atom stereocenters. The third-order valence-corrected chi connectivity index (χ3v) is 16.1. The number of hydrogen-bond donors (Lipinski definition) is 6. The normalized spacial score (nSPS) is 11.8. The summed E-state index contributed by atoms with van der Waals surface area (Å²) >= 11 is 0. The number of benzene rings is 3. The van der Waals surface area contributed by atoms with Crippen LogP contribution < -0.4 is 45.4 Å². The third-order valence-electron chi connectivity index (χ3n) is 11.1. The van der Waals surface area contributed by atoms with Gasteiger partial charge in [-0.2, -0.15) is 0 Å². The van der Waals surface area contributed by atoms with Crippen LogP contribution in [0.15, 0.2) is 36.4 Å². The second-order valence-corrected chi connectivity index (χ2v) is 22.6. The Hall–Kier alpha value is -4.68. The molecule has 3 rings (SSSR count). The van der Waals surface area contributed by atoms with Crippen molar-refractivity contribution >= 4 is 58.4 Å². The first-order valence-corrected chi connectivity index (χ1v) is 31.2. The summed E-state index contributed by atoms with van der Waals surface area (Å²) in [5.74, 6) is 0.345. The van der Waals surface area contributed by atoms with Gasteiger partial charge in [-0.1, -0.05) is 59.3 Å². The lowest BCUT2D eigenvalue weighted by Crippen LogP contribution is -2.28. The molecule has 428 valence electrons. The van der Waals surface area contributed by atoms with Crippen molar-refractivity contribution in [1.29, 1.82) is 0 Å². The van der Waals surface area contributed by atoms with Crippen molar-refractivity contribution in [1.82, 2.24) is 15.3 Å². The Morgan fingerprint density at radius 2 is 0.632 bits per heavy atom. The van der Waals surface area contributed by atoms with Crippen molar-refractivity contribution < 1.29 is 69.4 Å². The molecule has 0 heterocycles. The molecule has 0 aliphatic rings. The predicted molar refractivity (Wildman–Crippen MR) is 299 cm³/mol. The summed E-state index contributed by atoms with van der Waals surface area (Å²) in [6.07, 6.45) is 7.56. The highest BCUT2D eigenvalue weighted by Gasteiger charge is 2.34. The average molecular weight is 1130 g/mol. The van der Waals surface area contributed by atoms with E-state index in [9.17, 15) is 28.1 Å². The third kappa shape index (κ3) is 20.9. The molecule has 0 spiro atoms. The number of carbonyl (C=O) groups is 3. The zero-order chi connectivity index (χ0) is 56.3. The van der Waals surface area contributed by atoms with E-state index < -0.39 is 47.3 Å². The van der Waals surface area contributed by atoms with Crippen LogP contribution in [0.4, 0.5) is 31.4 Å². The van der Waals surface area contributed by atoms with Crippen molar-refractivity contribution in [3.63, 3.8) is 0 Å². The maximum atomic E-state index is 13.8. The number of rotatable bonds is 36. The van der Waals surface area contributed by atoms with Crippen LogP contribution in [-0.2, 0) is 40.8 Å². The molecule has 0 atom stereocenters. The molecular weight excluding hydrogens is 1040 g/mol. The van der Waals surface area contributed by atoms with Gasteiger partial charge in [-0.25, -0.2) is 43.3 Å². The number of anilines is 3. The summed E-state index contributed by atoms with van der Waals surface area (Å²) in [6, 6.07) is 7.71. The largest absolute Gasteiger partial charge is 0.493 e. The van der Waals surface area contributed by atoms with Gasteiger partial charge < -0.3 is 30.2 Å². The minimum atomic E-state index is -4.08. The molecule has 21 nitrogen and oxygen atoms in total. The van der Waals surface area contributed by atoms with Gasteiger partial charge in [-0.05, 0) is 135 Å². The Labute approximate surface area is 450 Å². The van der Waals surface area contributed by atoms with E-state index in [1.165, 1.54) is 0 Å². The molecule has 24 heteroatoms. The van der Waals surface area contributed by atoms with Crippen molar-refractivity contribution in [3.05, 3.63) is 69.8 Å². The van der Waals surface area contributed by atoms with Crippen molar-refractivity contribution in [3.8, 4) is 17.2 Å². The zero-order valence-corrected chi connectivity index (χ0v) is 49.4. The first kappa shape index (κ1) is 65.6. The molecule has 0 saturated carbocycles. The summed E-state index contributed by atoms with van der Waals surface area (Å²) in [6.45, 7) is 22.5. The molecule has 0 bridgehead atoms. The Balaban J connectivity index is 2.63. The predicted octanol–water partition coefficient (Wildman–Crippen LogP) is 14.4. The molecule has 0 aliphatic heterocycles. The number of ether oxygens (including phenoxy) is 3. The van der Waals surface area contributed by atoms with Crippen LogP contribution >= 0.6 is 23.2 Å². The SMILES string of the molecule is CCCCCOc1c(C)cc(NC(=O)NP(=O)(OCC)OCC)cc1C(c1cc(NC(=O)NP(=O)(OCC)OCC)cc(C)c1OCCCCC)c1cc(NC(=O)NP(=O)(OCC)OCC)cc(C)c1OCCCCC. The highest BCUT2D eigenvalue weighted by Crippen LogP contribution is 2.51. The summed E-state index contributed by atoms with van der Waals surface area (Å²) in [7, 11) is -12.2. The number of unbranched alkanes of at least 4 members (excludes halogenated alkanes) is 6. The van der Waals surface area contributed by atoms with Gasteiger partial charge in [0.25, 0.3) is 0 Å². The number of amides is 6. The van der Waals surface area contributed by atoms with Crippen LogP contribution in [-0.4, -0.2) is 77.6 Å². The van der Waals surface area contributed by atoms with Gasteiger partial charge >= 0.3 is 41.3 Å². The Bertz CT molecular complexity index is 2190. The van der Waals surface area contributed by atoms with Crippen molar-refractivity contribution in [2.75, 3.05) is 75.4 Å². The number of carbonyl (C=O) groups excluding carboxylic acids is 3. The number of urea groups is 3. The lowest BCUT2D eigenvalue weighted by atomic mass is 9.80. The van der Waals surface area contributed by atoms with Gasteiger partial charge in [0.15, 0.2) is 0 Å². The fourth-order valence-electron chi connectivity index (χ4n) is 8.11. The molecule has 0 radical (unpaired) electrons. The highest BCUT2D eigenvalue weighted by atomic mass is 31.2. The van der Waals surface area contributed by atoms with Crippen LogP contribution in [0.25, 0.3) is 0 Å². The lowest BCUT2D eigenvalue weighted by Gasteiger charge is -2.30. The summed E-state index contributed by atoms with van der Waals surface area (Å²) < 4.78 is 93.2. The highest BCUT2D eigenvalue weighted by molar-refractivity contribution is 7.53. The maximum absolute atomic E-state index is 13.8. The van der Waals surface area contributed by atoms with E-state index >= 15 is 0 Å². The quantitative estimate of drug-likeness (QED) is 0.0180. The molecule has 3 aromatic rings. The van der Waals surface area contributed by atoms with Crippen LogP contribution in [0.2, 0.25) is 0 Å². The van der Waals surface area contributed by atoms with E-state index in [4.69, 9.17) is 41.4 Å². The topological polar surface area (TPSA) is 258 Å². The number of hydrogen-bond acceptors (Lipinski definition) is 15. The van der Waals surface area contributed by atoms with E-state index in [0.717, 1.165) is 38.5 Å². The molecule has 76 heavy (non-hydrogen) atoms.